The zero-order chi connectivity index (χ0) is 7.15. The fourth-order valence-electron chi connectivity index (χ4n) is 0. The maximum Gasteiger partial charge on any atom is 3.00 e. The minimum absolute atomic E-state index is 0. The van der Waals surface area contributed by atoms with Crippen molar-refractivity contribution in [2.45, 2.75) is 0 Å². The number of hydrogen-bond donors (Lipinski definition) is 0. The van der Waals surface area contributed by atoms with E-state index in [0.29, 0.717) is 0 Å². The summed E-state index contributed by atoms with van der Waals surface area (Å²) in [6.07, 6.45) is -4.67. The molecule has 0 aromatic rings. The van der Waals surface area contributed by atoms with Gasteiger partial charge in [-0.3, -0.25) is 0 Å². The van der Waals surface area contributed by atoms with Gasteiger partial charge >= 0.3 is 71.3 Å². The Labute approximate surface area is 112 Å². The molecular weight excluding hydrogens is 283 g/mol. The third kappa shape index (κ3) is 665. The maximum atomic E-state index is 8.33. The van der Waals surface area contributed by atoms with Crippen LogP contribution in [0.3, 0.4) is 0 Å². The molecule has 6 nitrogen and oxygen atoms in total. The van der Waals surface area contributed by atoms with Gasteiger partial charge in [0.2, 0.25) is 0 Å². The van der Waals surface area contributed by atoms with Gasteiger partial charge in [-0.05, 0) is 12.3 Å². The van der Waals surface area contributed by atoms with Gasteiger partial charge in [0.1, 0.15) is 0 Å². The van der Waals surface area contributed by atoms with Crippen LogP contribution in [-0.2, 0) is 0 Å². The van der Waals surface area contributed by atoms with E-state index >= 15 is 0 Å². The second-order valence-corrected chi connectivity index (χ2v) is 0.500. The Bertz CT molecular complexity index is 73.7. The van der Waals surface area contributed by atoms with E-state index in [-0.39, 0.29) is 71.3 Å². The summed E-state index contributed by atoms with van der Waals surface area (Å²) in [7, 11) is 0. The van der Waals surface area contributed by atoms with Crippen LogP contribution in [0.4, 0.5) is 9.59 Å². The van der Waals surface area contributed by atoms with Crippen LogP contribution < -0.4 is 50.0 Å². The average Bonchev–Trinajstić information content (AvgIpc) is 1.25. The normalized spacial score (nSPS) is 4.80. The summed E-state index contributed by atoms with van der Waals surface area (Å²) in [5, 5.41) is 33.3. The third-order valence-corrected chi connectivity index (χ3v) is 0. The van der Waals surface area contributed by atoms with Gasteiger partial charge in [-0.1, -0.05) is 0 Å². The van der Waals surface area contributed by atoms with Crippen molar-refractivity contribution in [2.75, 3.05) is 0 Å². The van der Waals surface area contributed by atoms with Crippen LogP contribution in [-0.4, -0.2) is 12.3 Å². The molecule has 0 aliphatic heterocycles. The molecule has 1 radical (unpaired) electrons. The van der Waals surface area contributed by atoms with E-state index in [9.17, 15) is 0 Å². The van der Waals surface area contributed by atoms with Crippen LogP contribution in [0.5, 0.6) is 0 Å². The number of hydrogen-bond acceptors (Lipinski definition) is 6. The van der Waals surface area contributed by atoms with Crippen molar-refractivity contribution < 1.29 is 101 Å². The van der Waals surface area contributed by atoms with E-state index in [1.54, 1.807) is 0 Å². The SMILES string of the molecule is O=C([O-])[O-].O=C([O-])[O-].[Ce+3].[Na+]. The van der Waals surface area contributed by atoms with Crippen molar-refractivity contribution in [3.63, 3.8) is 0 Å². The number of carbonyl (C=O) groups excluding carboxylic acids is 2. The molecule has 10 heavy (non-hydrogen) atoms. The maximum absolute atomic E-state index is 8.33. The number of rotatable bonds is 0. The molecule has 0 saturated carbocycles. The van der Waals surface area contributed by atoms with E-state index in [1.165, 1.54) is 0 Å². The Kier molecular flexibility index (Phi) is 37.0. The predicted octanol–water partition coefficient (Wildman–Crippen LogP) is -7.89. The van der Waals surface area contributed by atoms with Crippen molar-refractivity contribution >= 4 is 12.3 Å². The Morgan fingerprint density at radius 1 is 0.800 bits per heavy atom. The summed E-state index contributed by atoms with van der Waals surface area (Å²) < 4.78 is 0. The molecule has 0 rings (SSSR count). The van der Waals surface area contributed by atoms with Gasteiger partial charge in [0, 0.05) is 0 Å². The molecule has 0 N–H and O–H groups in total. The Balaban J connectivity index is -0.0000000300. The fraction of sp³-hybridized carbons (Fsp3) is 0. The van der Waals surface area contributed by atoms with Crippen LogP contribution in [0.2, 0.25) is 0 Å². The molecule has 0 fully saturated rings. The third-order valence-electron chi connectivity index (χ3n) is 0. The van der Waals surface area contributed by atoms with E-state index in [0.717, 1.165) is 0 Å². The largest absolute Gasteiger partial charge is 3.00 e. The van der Waals surface area contributed by atoms with Crippen molar-refractivity contribution in [1.82, 2.24) is 0 Å². The molecule has 0 heterocycles. The molecule has 0 spiro atoms. The Morgan fingerprint density at radius 3 is 0.800 bits per heavy atom. The van der Waals surface area contributed by atoms with E-state index < -0.39 is 12.3 Å². The van der Waals surface area contributed by atoms with Crippen LogP contribution in [0, 0.1) is 41.7 Å². The molecule has 0 saturated heterocycles. The molecule has 0 aromatic heterocycles. The molecule has 0 unspecified atom stereocenters. The second kappa shape index (κ2) is 16.5. The molecule has 8 heteroatoms. The van der Waals surface area contributed by atoms with Gasteiger partial charge in [-0.2, -0.15) is 0 Å². The Morgan fingerprint density at radius 2 is 0.800 bits per heavy atom. The monoisotopic (exact) mass is 283 g/mol. The first kappa shape index (κ1) is 22.4. The number of carbonyl (C=O) groups is 2. The minimum Gasteiger partial charge on any atom is -0.652 e. The summed E-state index contributed by atoms with van der Waals surface area (Å²) >= 11 is 0. The standard InChI is InChI=1S/2CH2O3.Ce.Na/c2*2-1(3)4;;/h2*(H2,2,3,4);;/q;;+3;+1/p-4. The second-order valence-electron chi connectivity index (χ2n) is 0.500. The number of carboxylic acid groups (broad SMARTS) is 4. The smallest absolute Gasteiger partial charge is 0.652 e. The van der Waals surface area contributed by atoms with Crippen molar-refractivity contribution in [2.24, 2.45) is 0 Å². The summed E-state index contributed by atoms with van der Waals surface area (Å²) in [5.41, 5.74) is 0. The Hall–Kier alpha value is 0.917. The summed E-state index contributed by atoms with van der Waals surface area (Å²) in [5.74, 6) is 0. The van der Waals surface area contributed by atoms with E-state index in [2.05, 4.69) is 0 Å². The molecular formula is C2CeNaO6. The summed E-state index contributed by atoms with van der Waals surface area (Å²) in [4.78, 5) is 16.7. The first-order chi connectivity index (χ1) is 3.46. The predicted molar refractivity (Wildman–Crippen MR) is 10.8 cm³/mol. The molecule has 0 aliphatic rings. The summed E-state index contributed by atoms with van der Waals surface area (Å²) in [6, 6.07) is 0. The first-order valence-corrected chi connectivity index (χ1v) is 1.22. The molecule has 0 atom stereocenters. The molecule has 49 valence electrons. The summed E-state index contributed by atoms with van der Waals surface area (Å²) in [6.45, 7) is 0. The zero-order valence-electron chi connectivity index (χ0n) is 4.95. The van der Waals surface area contributed by atoms with Gasteiger partial charge < -0.3 is 30.0 Å². The van der Waals surface area contributed by atoms with Crippen molar-refractivity contribution in [3.05, 3.63) is 0 Å². The molecule has 0 aromatic carbocycles. The van der Waals surface area contributed by atoms with Gasteiger partial charge in [0.15, 0.2) is 0 Å². The van der Waals surface area contributed by atoms with Gasteiger partial charge in [0.25, 0.3) is 0 Å². The van der Waals surface area contributed by atoms with Gasteiger partial charge in [-0.25, -0.2) is 0 Å². The van der Waals surface area contributed by atoms with Crippen LogP contribution in [0.15, 0.2) is 0 Å². The molecule has 0 aliphatic carbocycles. The van der Waals surface area contributed by atoms with E-state index in [4.69, 9.17) is 30.0 Å². The minimum atomic E-state index is -2.33. The van der Waals surface area contributed by atoms with Gasteiger partial charge in [0.05, 0.1) is 0 Å². The van der Waals surface area contributed by atoms with Crippen LogP contribution >= 0.6 is 0 Å². The van der Waals surface area contributed by atoms with Crippen LogP contribution in [0.1, 0.15) is 0 Å². The molecule has 0 amide bonds. The average molecular weight is 283 g/mol. The van der Waals surface area contributed by atoms with Crippen LogP contribution in [0.25, 0.3) is 0 Å². The van der Waals surface area contributed by atoms with Gasteiger partial charge in [-0.15, -0.1) is 0 Å². The molecule has 0 bridgehead atoms. The van der Waals surface area contributed by atoms with E-state index in [1.807, 2.05) is 0 Å². The van der Waals surface area contributed by atoms with Crippen molar-refractivity contribution in [3.8, 4) is 0 Å². The zero-order valence-corrected chi connectivity index (χ0v) is 10.1. The van der Waals surface area contributed by atoms with Crippen molar-refractivity contribution in [1.29, 1.82) is 0 Å². The quantitative estimate of drug-likeness (QED) is 0.406. The topological polar surface area (TPSA) is 126 Å². The first-order valence-electron chi connectivity index (χ1n) is 1.22. The fourth-order valence-corrected chi connectivity index (χ4v) is 0.